The third-order valence-electron chi connectivity index (χ3n) is 5.25. The molecule has 12 heteroatoms. The summed E-state index contributed by atoms with van der Waals surface area (Å²) in [6.07, 6.45) is -2.99. The zero-order valence-electron chi connectivity index (χ0n) is 19.5. The van der Waals surface area contributed by atoms with Gasteiger partial charge in [-0.15, -0.1) is 0 Å². The molecule has 36 heavy (non-hydrogen) atoms. The zero-order chi connectivity index (χ0) is 26.0. The number of hydrogen-bond donors (Lipinski definition) is 2. The molecule has 2 N–H and O–H groups in total. The molecule has 9 nitrogen and oxygen atoms in total. The lowest BCUT2D eigenvalue weighted by atomic mass is 10.1. The van der Waals surface area contributed by atoms with Gasteiger partial charge in [-0.3, -0.25) is 9.48 Å². The summed E-state index contributed by atoms with van der Waals surface area (Å²) in [5.74, 6) is -1.19. The van der Waals surface area contributed by atoms with Crippen LogP contribution in [-0.4, -0.2) is 38.2 Å². The van der Waals surface area contributed by atoms with E-state index in [0.29, 0.717) is 16.7 Å². The monoisotopic (exact) mass is 498 g/mol. The summed E-state index contributed by atoms with van der Waals surface area (Å²) in [7, 11) is 1.66. The molecule has 0 aliphatic carbocycles. The molecule has 4 aromatic rings. The summed E-state index contributed by atoms with van der Waals surface area (Å²) >= 11 is 0. The number of aromatic nitrogens is 4. The average Bonchev–Trinajstić information content (AvgIpc) is 3.21. The minimum atomic E-state index is -4.53. The summed E-state index contributed by atoms with van der Waals surface area (Å²) in [4.78, 5) is 33.6. The lowest BCUT2D eigenvalue weighted by Crippen LogP contribution is -2.14. The highest BCUT2D eigenvalue weighted by Gasteiger charge is 2.30. The predicted octanol–water partition coefficient (Wildman–Crippen LogP) is 4.86. The van der Waals surface area contributed by atoms with Gasteiger partial charge in [-0.05, 0) is 49.7 Å². The van der Waals surface area contributed by atoms with Crippen LogP contribution in [0.3, 0.4) is 0 Å². The van der Waals surface area contributed by atoms with Crippen LogP contribution >= 0.6 is 0 Å². The number of benzene rings is 2. The molecule has 186 valence electrons. The number of nitrogens with zero attached hydrogens (tertiary/aromatic N) is 4. The van der Waals surface area contributed by atoms with E-state index in [0.717, 1.165) is 17.7 Å². The quantitative estimate of drug-likeness (QED) is 0.365. The molecule has 2 heterocycles. The van der Waals surface area contributed by atoms with Crippen LogP contribution in [0, 0.1) is 6.92 Å². The van der Waals surface area contributed by atoms with E-state index in [1.165, 1.54) is 29.1 Å². The minimum Gasteiger partial charge on any atom is -0.460 e. The fourth-order valence-electron chi connectivity index (χ4n) is 3.41. The van der Waals surface area contributed by atoms with Gasteiger partial charge in [0, 0.05) is 24.0 Å². The molecule has 0 aliphatic rings. The number of nitrogens with one attached hydrogen (secondary N) is 2. The first kappa shape index (κ1) is 24.6. The van der Waals surface area contributed by atoms with E-state index in [4.69, 9.17) is 4.74 Å². The van der Waals surface area contributed by atoms with Crippen molar-refractivity contribution in [3.63, 3.8) is 0 Å². The van der Waals surface area contributed by atoms with Crippen LogP contribution in [0.25, 0.3) is 11.0 Å². The predicted molar refractivity (Wildman–Crippen MR) is 126 cm³/mol. The second kappa shape index (κ2) is 9.64. The lowest BCUT2D eigenvalue weighted by molar-refractivity contribution is -0.137. The molecule has 0 bridgehead atoms. The fraction of sp³-hybridized carbons (Fsp3) is 0.208. The number of halogens is 3. The van der Waals surface area contributed by atoms with Crippen molar-refractivity contribution in [3.8, 4) is 0 Å². The topological polar surface area (TPSA) is 111 Å². The van der Waals surface area contributed by atoms with Crippen LogP contribution in [0.1, 0.15) is 39.0 Å². The maximum Gasteiger partial charge on any atom is 0.416 e. The van der Waals surface area contributed by atoms with Gasteiger partial charge in [-0.1, -0.05) is 12.1 Å². The Morgan fingerprint density at radius 3 is 2.61 bits per heavy atom. The first-order valence-electron chi connectivity index (χ1n) is 10.8. The molecule has 2 aromatic carbocycles. The number of carbonyl (C=O) groups excluding carboxylic acids is 2. The highest BCUT2D eigenvalue weighted by molar-refractivity contribution is 6.05. The largest absolute Gasteiger partial charge is 0.460 e. The number of aryl methyl sites for hydroxylation is 2. The molecule has 0 unspecified atom stereocenters. The summed E-state index contributed by atoms with van der Waals surface area (Å²) < 4.78 is 45.5. The van der Waals surface area contributed by atoms with Gasteiger partial charge in [0.25, 0.3) is 5.91 Å². The number of rotatable bonds is 6. The van der Waals surface area contributed by atoms with Crippen molar-refractivity contribution in [1.29, 1.82) is 0 Å². The molecule has 0 saturated carbocycles. The maximum absolute atomic E-state index is 13.0. The molecule has 2 aromatic heterocycles. The van der Waals surface area contributed by atoms with Crippen molar-refractivity contribution in [3.05, 3.63) is 71.2 Å². The SMILES string of the molecule is CCOC(=O)c1nc(Nc2cc(C(=O)Nc3cccc(C(F)(F)F)c3)ccc2C)c2cnn(C)c2n1. The van der Waals surface area contributed by atoms with E-state index in [-0.39, 0.29) is 29.5 Å². The van der Waals surface area contributed by atoms with E-state index in [1.807, 2.05) is 0 Å². The Kier molecular flexibility index (Phi) is 6.60. The number of amides is 1. The van der Waals surface area contributed by atoms with Crippen molar-refractivity contribution < 1.29 is 27.5 Å². The van der Waals surface area contributed by atoms with E-state index < -0.39 is 23.6 Å². The Morgan fingerprint density at radius 1 is 1.11 bits per heavy atom. The molecule has 4 rings (SSSR count). The molecule has 1 amide bonds. The van der Waals surface area contributed by atoms with Crippen molar-refractivity contribution in [1.82, 2.24) is 19.7 Å². The summed E-state index contributed by atoms with van der Waals surface area (Å²) in [5.41, 5.74) is 0.976. The lowest BCUT2D eigenvalue weighted by Gasteiger charge is -2.13. The van der Waals surface area contributed by atoms with Gasteiger partial charge in [0.15, 0.2) is 5.65 Å². The van der Waals surface area contributed by atoms with Gasteiger partial charge in [-0.2, -0.15) is 18.3 Å². The van der Waals surface area contributed by atoms with Gasteiger partial charge < -0.3 is 15.4 Å². The Balaban J connectivity index is 1.65. The number of esters is 1. The van der Waals surface area contributed by atoms with Crippen LogP contribution < -0.4 is 10.6 Å². The zero-order valence-corrected chi connectivity index (χ0v) is 19.5. The van der Waals surface area contributed by atoms with Crippen LogP contribution in [0.2, 0.25) is 0 Å². The number of fused-ring (bicyclic) bond motifs is 1. The van der Waals surface area contributed by atoms with Crippen LogP contribution in [0.15, 0.2) is 48.7 Å². The van der Waals surface area contributed by atoms with Crippen molar-refractivity contribution in [2.45, 2.75) is 20.0 Å². The summed E-state index contributed by atoms with van der Waals surface area (Å²) in [6.45, 7) is 3.61. The molecule has 0 saturated heterocycles. The molecule has 0 aliphatic heterocycles. The average molecular weight is 498 g/mol. The van der Waals surface area contributed by atoms with E-state index in [1.54, 1.807) is 33.0 Å². The maximum atomic E-state index is 13.0. The molecule has 0 spiro atoms. The van der Waals surface area contributed by atoms with Crippen LogP contribution in [-0.2, 0) is 18.0 Å². The third kappa shape index (κ3) is 5.11. The van der Waals surface area contributed by atoms with Crippen LogP contribution in [0.4, 0.5) is 30.4 Å². The standard InChI is InChI=1S/C24H21F3N6O3/c1-4-36-23(35)20-31-19(17-12-28-33(3)21(17)32-20)30-18-10-14(9-8-13(18)2)22(34)29-16-7-5-6-15(11-16)24(25,26)27/h5-12H,4H2,1-3H3,(H,29,34)(H,30,31,32). The number of ether oxygens (including phenoxy) is 1. The Bertz CT molecular complexity index is 1470. The van der Waals surface area contributed by atoms with E-state index in [9.17, 15) is 22.8 Å². The normalized spacial score (nSPS) is 11.4. The smallest absolute Gasteiger partial charge is 0.416 e. The molecular formula is C24H21F3N6O3. The van der Waals surface area contributed by atoms with Crippen LogP contribution in [0.5, 0.6) is 0 Å². The first-order chi connectivity index (χ1) is 17.1. The van der Waals surface area contributed by atoms with Gasteiger partial charge >= 0.3 is 12.1 Å². The Hall–Kier alpha value is -4.48. The van der Waals surface area contributed by atoms with Gasteiger partial charge in [0.05, 0.1) is 23.8 Å². The van der Waals surface area contributed by atoms with Crippen molar-refractivity contribution in [2.24, 2.45) is 7.05 Å². The second-order valence-corrected chi connectivity index (χ2v) is 7.81. The van der Waals surface area contributed by atoms with E-state index in [2.05, 4.69) is 25.7 Å². The molecule has 0 fully saturated rings. The summed E-state index contributed by atoms with van der Waals surface area (Å²) in [6, 6.07) is 9.14. The molecule has 0 atom stereocenters. The number of alkyl halides is 3. The van der Waals surface area contributed by atoms with Gasteiger partial charge in [0.2, 0.25) is 5.82 Å². The third-order valence-corrected chi connectivity index (χ3v) is 5.25. The number of hydrogen-bond acceptors (Lipinski definition) is 7. The first-order valence-corrected chi connectivity index (χ1v) is 10.8. The second-order valence-electron chi connectivity index (χ2n) is 7.81. The van der Waals surface area contributed by atoms with E-state index >= 15 is 0 Å². The summed E-state index contributed by atoms with van der Waals surface area (Å²) in [5, 5.41) is 10.3. The number of anilines is 3. The van der Waals surface area contributed by atoms with Gasteiger partial charge in [0.1, 0.15) is 5.82 Å². The molecular weight excluding hydrogens is 477 g/mol. The van der Waals surface area contributed by atoms with Crippen molar-refractivity contribution >= 4 is 40.1 Å². The Morgan fingerprint density at radius 2 is 1.89 bits per heavy atom. The number of carbonyl (C=O) groups is 2. The molecule has 0 radical (unpaired) electrons. The van der Waals surface area contributed by atoms with Crippen molar-refractivity contribution in [2.75, 3.05) is 17.2 Å². The minimum absolute atomic E-state index is 0.0110. The highest BCUT2D eigenvalue weighted by atomic mass is 19.4. The fourth-order valence-corrected chi connectivity index (χ4v) is 3.41. The highest BCUT2D eigenvalue weighted by Crippen LogP contribution is 2.31. The Labute approximate surface area is 203 Å². The van der Waals surface area contributed by atoms with Gasteiger partial charge in [-0.25, -0.2) is 14.8 Å².